The fourth-order valence-corrected chi connectivity index (χ4v) is 3.01. The fraction of sp³-hybridized carbons (Fsp3) is 0.625. The maximum atomic E-state index is 10.9. The Labute approximate surface area is 126 Å². The number of piperidine rings is 1. The van der Waals surface area contributed by atoms with Crippen LogP contribution in [0.2, 0.25) is 0 Å². The zero-order chi connectivity index (χ0) is 15.2. The number of hydrogen-bond donors (Lipinski definition) is 1. The molecule has 5 nitrogen and oxygen atoms in total. The Morgan fingerprint density at radius 2 is 2.10 bits per heavy atom. The molecule has 0 atom stereocenters. The van der Waals surface area contributed by atoms with Crippen LogP contribution in [0.3, 0.4) is 0 Å². The Kier molecular flexibility index (Phi) is 5.56. The molecule has 1 aromatic carbocycles. The Morgan fingerprint density at radius 1 is 1.38 bits per heavy atom. The maximum absolute atomic E-state index is 10.9. The summed E-state index contributed by atoms with van der Waals surface area (Å²) in [4.78, 5) is 13.0. The largest absolute Gasteiger partial charge is 0.371 e. The summed E-state index contributed by atoms with van der Waals surface area (Å²) in [7, 11) is 0. The standard InChI is InChI=1S/C16H25N3O2/c1-3-10-18(12-14-6-8-17-9-7-14)15-4-5-16(19(20)21)13(2)11-15/h4-5,11,14,17H,3,6-10,12H2,1-2H3. The number of nitrogens with zero attached hydrogens (tertiary/aromatic N) is 2. The third kappa shape index (κ3) is 4.17. The van der Waals surface area contributed by atoms with Crippen LogP contribution in [0.4, 0.5) is 11.4 Å². The van der Waals surface area contributed by atoms with Crippen molar-refractivity contribution in [3.8, 4) is 0 Å². The summed E-state index contributed by atoms with van der Waals surface area (Å²) < 4.78 is 0. The summed E-state index contributed by atoms with van der Waals surface area (Å²) in [6.07, 6.45) is 3.51. The molecule has 21 heavy (non-hydrogen) atoms. The van der Waals surface area contributed by atoms with E-state index in [1.165, 1.54) is 12.8 Å². The van der Waals surface area contributed by atoms with Crippen molar-refractivity contribution < 1.29 is 4.92 Å². The number of hydrogen-bond acceptors (Lipinski definition) is 4. The number of rotatable bonds is 6. The molecule has 0 spiro atoms. The van der Waals surface area contributed by atoms with E-state index >= 15 is 0 Å². The van der Waals surface area contributed by atoms with Crippen molar-refractivity contribution >= 4 is 11.4 Å². The second-order valence-electron chi connectivity index (χ2n) is 5.87. The van der Waals surface area contributed by atoms with Gasteiger partial charge >= 0.3 is 0 Å². The molecule has 0 unspecified atom stereocenters. The Balaban J connectivity index is 2.13. The van der Waals surface area contributed by atoms with Gasteiger partial charge in [0.15, 0.2) is 0 Å². The first-order valence-corrected chi connectivity index (χ1v) is 7.82. The molecular weight excluding hydrogens is 266 g/mol. The van der Waals surface area contributed by atoms with Crippen LogP contribution in [0.15, 0.2) is 18.2 Å². The van der Waals surface area contributed by atoms with Crippen LogP contribution >= 0.6 is 0 Å². The second kappa shape index (κ2) is 7.41. The van der Waals surface area contributed by atoms with Crippen LogP contribution in [0.25, 0.3) is 0 Å². The van der Waals surface area contributed by atoms with E-state index in [0.717, 1.165) is 43.9 Å². The highest BCUT2D eigenvalue weighted by molar-refractivity contribution is 5.55. The van der Waals surface area contributed by atoms with Crippen molar-refractivity contribution in [2.24, 2.45) is 5.92 Å². The van der Waals surface area contributed by atoms with Crippen molar-refractivity contribution in [1.29, 1.82) is 0 Å². The Hall–Kier alpha value is -1.62. The minimum atomic E-state index is -0.309. The molecule has 1 fully saturated rings. The van der Waals surface area contributed by atoms with Crippen molar-refractivity contribution in [1.82, 2.24) is 5.32 Å². The molecule has 0 aliphatic carbocycles. The van der Waals surface area contributed by atoms with Gasteiger partial charge in [0.2, 0.25) is 0 Å². The molecule has 1 aromatic rings. The molecule has 5 heteroatoms. The fourth-order valence-electron chi connectivity index (χ4n) is 3.01. The molecule has 0 bridgehead atoms. The molecule has 1 N–H and O–H groups in total. The number of nitro benzene ring substituents is 1. The van der Waals surface area contributed by atoms with Crippen molar-refractivity contribution in [3.63, 3.8) is 0 Å². The first-order valence-electron chi connectivity index (χ1n) is 7.82. The van der Waals surface area contributed by atoms with Gasteiger partial charge in [-0.2, -0.15) is 0 Å². The third-order valence-corrected chi connectivity index (χ3v) is 4.17. The summed E-state index contributed by atoms with van der Waals surface area (Å²) in [5.74, 6) is 0.716. The minimum Gasteiger partial charge on any atom is -0.371 e. The minimum absolute atomic E-state index is 0.206. The average molecular weight is 291 g/mol. The lowest BCUT2D eigenvalue weighted by Gasteiger charge is -2.31. The molecule has 0 aromatic heterocycles. The molecule has 0 saturated carbocycles. The molecule has 0 radical (unpaired) electrons. The average Bonchev–Trinajstić information content (AvgIpc) is 2.47. The lowest BCUT2D eigenvalue weighted by molar-refractivity contribution is -0.385. The van der Waals surface area contributed by atoms with Gasteiger partial charge in [-0.05, 0) is 57.3 Å². The van der Waals surface area contributed by atoms with E-state index in [1.54, 1.807) is 6.07 Å². The van der Waals surface area contributed by atoms with Gasteiger partial charge in [0.25, 0.3) is 5.69 Å². The van der Waals surface area contributed by atoms with Crippen LogP contribution in [-0.4, -0.2) is 31.1 Å². The molecule has 116 valence electrons. The predicted octanol–water partition coefficient (Wildman–Crippen LogP) is 3.12. The van der Waals surface area contributed by atoms with Gasteiger partial charge < -0.3 is 10.2 Å². The normalized spacial score (nSPS) is 15.9. The number of aryl methyl sites for hydroxylation is 1. The van der Waals surface area contributed by atoms with Gasteiger partial charge in [0.05, 0.1) is 4.92 Å². The summed E-state index contributed by atoms with van der Waals surface area (Å²) >= 11 is 0. The number of nitrogens with one attached hydrogen (secondary N) is 1. The van der Waals surface area contributed by atoms with Crippen LogP contribution in [0.5, 0.6) is 0 Å². The first kappa shape index (κ1) is 15.8. The highest BCUT2D eigenvalue weighted by Crippen LogP contribution is 2.26. The van der Waals surface area contributed by atoms with Crippen LogP contribution < -0.4 is 10.2 Å². The molecule has 0 amide bonds. The smallest absolute Gasteiger partial charge is 0.272 e. The van der Waals surface area contributed by atoms with Crippen molar-refractivity contribution in [2.45, 2.75) is 33.1 Å². The van der Waals surface area contributed by atoms with Gasteiger partial charge in [-0.25, -0.2) is 0 Å². The van der Waals surface area contributed by atoms with Gasteiger partial charge in [-0.15, -0.1) is 0 Å². The second-order valence-corrected chi connectivity index (χ2v) is 5.87. The van der Waals surface area contributed by atoms with Gasteiger partial charge in [0.1, 0.15) is 0 Å². The summed E-state index contributed by atoms with van der Waals surface area (Å²) in [6.45, 7) is 8.24. The Morgan fingerprint density at radius 3 is 2.67 bits per heavy atom. The van der Waals surface area contributed by atoms with Crippen molar-refractivity contribution in [3.05, 3.63) is 33.9 Å². The SMILES string of the molecule is CCCN(CC1CCNCC1)c1ccc([N+](=O)[O-])c(C)c1. The lowest BCUT2D eigenvalue weighted by atomic mass is 9.97. The van der Waals surface area contributed by atoms with Crippen LogP contribution in [-0.2, 0) is 0 Å². The van der Waals surface area contributed by atoms with Crippen LogP contribution in [0, 0.1) is 23.0 Å². The maximum Gasteiger partial charge on any atom is 0.272 e. The van der Waals surface area contributed by atoms with E-state index in [2.05, 4.69) is 17.1 Å². The summed E-state index contributed by atoms with van der Waals surface area (Å²) in [6, 6.07) is 5.48. The molecule has 1 heterocycles. The van der Waals surface area contributed by atoms with E-state index in [4.69, 9.17) is 0 Å². The van der Waals surface area contributed by atoms with Gasteiger partial charge in [0, 0.05) is 30.4 Å². The molecular formula is C16H25N3O2. The van der Waals surface area contributed by atoms with Gasteiger partial charge in [-0.3, -0.25) is 10.1 Å². The van der Waals surface area contributed by atoms with Crippen molar-refractivity contribution in [2.75, 3.05) is 31.1 Å². The molecule has 1 saturated heterocycles. The quantitative estimate of drug-likeness (QED) is 0.646. The molecule has 1 aliphatic heterocycles. The number of anilines is 1. The third-order valence-electron chi connectivity index (χ3n) is 4.17. The van der Waals surface area contributed by atoms with E-state index in [9.17, 15) is 10.1 Å². The molecule has 1 aliphatic rings. The van der Waals surface area contributed by atoms with E-state index in [-0.39, 0.29) is 10.6 Å². The summed E-state index contributed by atoms with van der Waals surface area (Å²) in [5.41, 5.74) is 2.06. The lowest BCUT2D eigenvalue weighted by Crippen LogP contribution is -2.36. The zero-order valence-electron chi connectivity index (χ0n) is 13.0. The Bertz CT molecular complexity index is 484. The number of benzene rings is 1. The summed E-state index contributed by atoms with van der Waals surface area (Å²) in [5, 5.41) is 14.3. The highest BCUT2D eigenvalue weighted by atomic mass is 16.6. The monoisotopic (exact) mass is 291 g/mol. The van der Waals surface area contributed by atoms with E-state index in [1.807, 2.05) is 19.1 Å². The zero-order valence-corrected chi connectivity index (χ0v) is 13.0. The first-order chi connectivity index (χ1) is 10.1. The predicted molar refractivity (Wildman–Crippen MR) is 85.9 cm³/mol. The molecule has 2 rings (SSSR count). The highest BCUT2D eigenvalue weighted by Gasteiger charge is 2.18. The van der Waals surface area contributed by atoms with E-state index in [0.29, 0.717) is 5.92 Å². The number of nitro groups is 1. The van der Waals surface area contributed by atoms with Gasteiger partial charge in [-0.1, -0.05) is 6.92 Å². The van der Waals surface area contributed by atoms with Crippen LogP contribution in [0.1, 0.15) is 31.7 Å². The van der Waals surface area contributed by atoms with E-state index < -0.39 is 0 Å². The topological polar surface area (TPSA) is 58.4 Å².